The molecule has 0 aromatic rings. The predicted molar refractivity (Wildman–Crippen MR) is 52.2 cm³/mol. The first-order valence-electron chi connectivity index (χ1n) is 5.31. The molecule has 0 saturated carbocycles. The van der Waals surface area contributed by atoms with Gasteiger partial charge in [0.2, 0.25) is 5.91 Å². The fourth-order valence-electron chi connectivity index (χ4n) is 2.10. The quantitative estimate of drug-likeness (QED) is 0.814. The highest BCUT2D eigenvalue weighted by molar-refractivity contribution is 5.79. The van der Waals surface area contributed by atoms with Crippen LogP contribution in [0.2, 0.25) is 0 Å². The van der Waals surface area contributed by atoms with E-state index in [4.69, 9.17) is 5.11 Å². The van der Waals surface area contributed by atoms with Gasteiger partial charge in [0, 0.05) is 12.6 Å². The van der Waals surface area contributed by atoms with Gasteiger partial charge in [-0.3, -0.25) is 9.59 Å². The largest absolute Gasteiger partial charge is 0.481 e. The second-order valence-electron chi connectivity index (χ2n) is 4.21. The molecular weight excluding hydrogens is 239 g/mol. The standard InChI is InChI=1S/C10H14F3NO3/c1-6-7(9(16)17)3-2-4-14(6)8(15)5-10(11,12)13/h6-7H,2-5H2,1H3,(H,16,17)/t6-,7-/m1/s1. The van der Waals surface area contributed by atoms with Crippen molar-refractivity contribution in [1.82, 2.24) is 4.90 Å². The van der Waals surface area contributed by atoms with Crippen LogP contribution in [0.5, 0.6) is 0 Å². The number of carboxylic acids is 1. The number of likely N-dealkylation sites (tertiary alicyclic amines) is 1. The van der Waals surface area contributed by atoms with E-state index < -0.39 is 36.4 Å². The lowest BCUT2D eigenvalue weighted by Gasteiger charge is -2.37. The Hall–Kier alpha value is -1.27. The van der Waals surface area contributed by atoms with Gasteiger partial charge in [-0.25, -0.2) is 0 Å². The van der Waals surface area contributed by atoms with Gasteiger partial charge in [-0.15, -0.1) is 0 Å². The molecule has 0 aromatic carbocycles. The average Bonchev–Trinajstić information content (AvgIpc) is 2.14. The number of nitrogens with zero attached hydrogens (tertiary/aromatic N) is 1. The smallest absolute Gasteiger partial charge is 0.397 e. The maximum atomic E-state index is 12.1. The van der Waals surface area contributed by atoms with Crippen molar-refractivity contribution in [3.05, 3.63) is 0 Å². The highest BCUT2D eigenvalue weighted by Crippen LogP contribution is 2.27. The second-order valence-corrected chi connectivity index (χ2v) is 4.21. The molecule has 1 heterocycles. The summed E-state index contributed by atoms with van der Waals surface area (Å²) in [4.78, 5) is 23.3. The lowest BCUT2D eigenvalue weighted by molar-refractivity contribution is -0.166. The number of alkyl halides is 3. The molecule has 0 spiro atoms. The third kappa shape index (κ3) is 3.61. The van der Waals surface area contributed by atoms with Crippen molar-refractivity contribution >= 4 is 11.9 Å². The average molecular weight is 253 g/mol. The van der Waals surface area contributed by atoms with Crippen molar-refractivity contribution in [2.24, 2.45) is 5.92 Å². The Balaban J connectivity index is 2.70. The first kappa shape index (κ1) is 13.8. The number of carbonyl (C=O) groups excluding carboxylic acids is 1. The lowest BCUT2D eigenvalue weighted by Crippen LogP contribution is -2.50. The van der Waals surface area contributed by atoms with Crippen molar-refractivity contribution < 1.29 is 27.9 Å². The van der Waals surface area contributed by atoms with Crippen LogP contribution in [-0.4, -0.2) is 40.6 Å². The summed E-state index contributed by atoms with van der Waals surface area (Å²) in [6.45, 7) is 1.67. The maximum Gasteiger partial charge on any atom is 0.397 e. The van der Waals surface area contributed by atoms with E-state index in [1.54, 1.807) is 0 Å². The van der Waals surface area contributed by atoms with E-state index in [1.807, 2.05) is 0 Å². The minimum atomic E-state index is -4.55. The van der Waals surface area contributed by atoms with Crippen molar-refractivity contribution in [2.45, 2.75) is 38.4 Å². The Kier molecular flexibility index (Phi) is 4.00. The van der Waals surface area contributed by atoms with Crippen LogP contribution in [0.4, 0.5) is 13.2 Å². The molecule has 2 atom stereocenters. The summed E-state index contributed by atoms with van der Waals surface area (Å²) in [5, 5.41) is 8.88. The molecule has 1 amide bonds. The number of hydrogen-bond acceptors (Lipinski definition) is 2. The fraction of sp³-hybridized carbons (Fsp3) is 0.800. The molecule has 0 aliphatic carbocycles. The Morgan fingerprint density at radius 2 is 2.00 bits per heavy atom. The summed E-state index contributed by atoms with van der Waals surface area (Å²) in [7, 11) is 0. The topological polar surface area (TPSA) is 57.6 Å². The van der Waals surface area contributed by atoms with Gasteiger partial charge in [0.1, 0.15) is 6.42 Å². The van der Waals surface area contributed by atoms with E-state index >= 15 is 0 Å². The molecule has 1 saturated heterocycles. The molecular formula is C10H14F3NO3. The highest BCUT2D eigenvalue weighted by atomic mass is 19.4. The SMILES string of the molecule is C[C@@H]1[C@H](C(=O)O)CCCN1C(=O)CC(F)(F)F. The molecule has 17 heavy (non-hydrogen) atoms. The minimum absolute atomic E-state index is 0.194. The number of aliphatic carboxylic acids is 1. The van der Waals surface area contributed by atoms with Crippen molar-refractivity contribution in [2.75, 3.05) is 6.54 Å². The Labute approximate surface area is 96.4 Å². The molecule has 1 aliphatic rings. The van der Waals surface area contributed by atoms with Crippen LogP contribution in [0, 0.1) is 5.92 Å². The Morgan fingerprint density at radius 3 is 2.47 bits per heavy atom. The summed E-state index contributed by atoms with van der Waals surface area (Å²) in [5.41, 5.74) is 0. The van der Waals surface area contributed by atoms with E-state index in [-0.39, 0.29) is 6.54 Å². The number of halogens is 3. The van der Waals surface area contributed by atoms with Crippen molar-refractivity contribution in [1.29, 1.82) is 0 Å². The van der Waals surface area contributed by atoms with Gasteiger partial charge in [0.25, 0.3) is 0 Å². The lowest BCUT2D eigenvalue weighted by atomic mass is 9.90. The van der Waals surface area contributed by atoms with Crippen LogP contribution in [0.25, 0.3) is 0 Å². The zero-order chi connectivity index (χ0) is 13.2. The van der Waals surface area contributed by atoms with Gasteiger partial charge >= 0.3 is 12.1 Å². The third-order valence-electron chi connectivity index (χ3n) is 2.98. The second kappa shape index (κ2) is 4.93. The molecule has 4 nitrogen and oxygen atoms in total. The first-order valence-corrected chi connectivity index (χ1v) is 5.31. The zero-order valence-electron chi connectivity index (χ0n) is 9.33. The van der Waals surface area contributed by atoms with Gasteiger partial charge in [0.15, 0.2) is 0 Å². The summed E-state index contributed by atoms with van der Waals surface area (Å²) in [6, 6.07) is -0.684. The predicted octanol–water partition coefficient (Wildman–Crippen LogP) is 1.65. The molecule has 1 N–H and O–H groups in total. The van der Waals surface area contributed by atoms with Crippen LogP contribution >= 0.6 is 0 Å². The van der Waals surface area contributed by atoms with Crippen LogP contribution in [-0.2, 0) is 9.59 Å². The summed E-state index contributed by atoms with van der Waals surface area (Å²) in [5.74, 6) is -2.89. The molecule has 98 valence electrons. The monoisotopic (exact) mass is 253 g/mol. The van der Waals surface area contributed by atoms with Gasteiger partial charge in [-0.05, 0) is 19.8 Å². The van der Waals surface area contributed by atoms with Crippen LogP contribution in [0.1, 0.15) is 26.2 Å². The highest BCUT2D eigenvalue weighted by Gasteiger charge is 2.39. The van der Waals surface area contributed by atoms with Gasteiger partial charge in [0.05, 0.1) is 5.92 Å². The minimum Gasteiger partial charge on any atom is -0.481 e. The van der Waals surface area contributed by atoms with Crippen LogP contribution < -0.4 is 0 Å². The normalized spacial score (nSPS) is 25.8. The fourth-order valence-corrected chi connectivity index (χ4v) is 2.10. The van der Waals surface area contributed by atoms with Gasteiger partial charge in [-0.2, -0.15) is 13.2 Å². The molecule has 0 unspecified atom stereocenters. The van der Waals surface area contributed by atoms with Crippen LogP contribution in [0.3, 0.4) is 0 Å². The van der Waals surface area contributed by atoms with E-state index in [1.165, 1.54) is 6.92 Å². The third-order valence-corrected chi connectivity index (χ3v) is 2.98. The number of hydrogen-bond donors (Lipinski definition) is 1. The number of carbonyl (C=O) groups is 2. The first-order chi connectivity index (χ1) is 7.72. The molecule has 0 bridgehead atoms. The van der Waals surface area contributed by atoms with E-state index in [2.05, 4.69) is 0 Å². The van der Waals surface area contributed by atoms with Crippen molar-refractivity contribution in [3.63, 3.8) is 0 Å². The summed E-state index contributed by atoms with van der Waals surface area (Å²) >= 11 is 0. The summed E-state index contributed by atoms with van der Waals surface area (Å²) in [6.07, 6.45) is -5.26. The maximum absolute atomic E-state index is 12.1. The number of carboxylic acid groups (broad SMARTS) is 1. The van der Waals surface area contributed by atoms with E-state index in [0.717, 1.165) is 4.90 Å². The van der Waals surface area contributed by atoms with E-state index in [0.29, 0.717) is 12.8 Å². The Bertz CT molecular complexity index is 316. The summed E-state index contributed by atoms with van der Waals surface area (Å²) < 4.78 is 36.2. The molecule has 1 rings (SSSR count). The Morgan fingerprint density at radius 1 is 1.41 bits per heavy atom. The van der Waals surface area contributed by atoms with Gasteiger partial charge < -0.3 is 10.0 Å². The van der Waals surface area contributed by atoms with Gasteiger partial charge in [-0.1, -0.05) is 0 Å². The molecule has 0 aromatic heterocycles. The van der Waals surface area contributed by atoms with Crippen molar-refractivity contribution in [3.8, 4) is 0 Å². The van der Waals surface area contributed by atoms with E-state index in [9.17, 15) is 22.8 Å². The molecule has 1 aliphatic heterocycles. The molecule has 0 radical (unpaired) electrons. The molecule has 7 heteroatoms. The number of amides is 1. The van der Waals surface area contributed by atoms with Crippen LogP contribution in [0.15, 0.2) is 0 Å². The number of rotatable bonds is 2. The number of piperidine rings is 1. The molecule has 1 fully saturated rings. The zero-order valence-corrected chi connectivity index (χ0v) is 9.33.